The summed E-state index contributed by atoms with van der Waals surface area (Å²) >= 11 is 0. The Hall–Kier alpha value is -3.79. The number of hydrogen-bond acceptors (Lipinski definition) is 7. The van der Waals surface area contributed by atoms with Gasteiger partial charge in [-0.3, -0.25) is 4.79 Å². The minimum atomic E-state index is -0.453. The third-order valence-electron chi connectivity index (χ3n) is 4.50. The number of ketones is 1. The number of methoxy groups -OCH3 is 1. The number of Topliss-reactive ketones (excluding diaryl/α,β-unsaturated/α-hetero) is 1. The van der Waals surface area contributed by atoms with Gasteiger partial charge in [0.05, 0.1) is 24.0 Å². The topological polar surface area (TPSA) is 82.9 Å². The highest BCUT2D eigenvalue weighted by molar-refractivity contribution is 6.03. The smallest absolute Gasteiger partial charge is 0.337 e. The van der Waals surface area contributed by atoms with Crippen LogP contribution in [-0.2, 0) is 9.53 Å². The van der Waals surface area contributed by atoms with Crippen LogP contribution in [0.2, 0.25) is 0 Å². The number of anilines is 2. The number of carbonyl (C=O) groups is 2. The summed E-state index contributed by atoms with van der Waals surface area (Å²) in [5.41, 5.74) is 2.24. The van der Waals surface area contributed by atoms with E-state index >= 15 is 0 Å². The standard InChI is InChI=1S/C21H19N3O4/c1-23-17-6-4-5-7-18(17)24(2)20(23)16(12-22)19(25)13-28-15-10-8-14(9-11-15)21(26)27-3/h4-11H,13H2,1-3H3. The Balaban J connectivity index is 1.77. The Morgan fingerprint density at radius 3 is 2.07 bits per heavy atom. The van der Waals surface area contributed by atoms with Crippen LogP contribution in [-0.4, -0.2) is 39.6 Å². The molecule has 0 aromatic heterocycles. The van der Waals surface area contributed by atoms with Crippen LogP contribution in [0.1, 0.15) is 10.4 Å². The Morgan fingerprint density at radius 2 is 1.57 bits per heavy atom. The Kier molecular flexibility index (Phi) is 5.32. The molecule has 0 amide bonds. The first kappa shape index (κ1) is 19.0. The fourth-order valence-corrected chi connectivity index (χ4v) is 3.08. The second kappa shape index (κ2) is 7.84. The number of hydrogen-bond donors (Lipinski definition) is 0. The number of nitrogens with zero attached hydrogens (tertiary/aromatic N) is 3. The fourth-order valence-electron chi connectivity index (χ4n) is 3.08. The molecule has 0 unspecified atom stereocenters. The molecule has 3 rings (SSSR count). The van der Waals surface area contributed by atoms with Crippen molar-refractivity contribution in [3.63, 3.8) is 0 Å². The first-order valence-electron chi connectivity index (χ1n) is 8.53. The quantitative estimate of drug-likeness (QED) is 0.450. The minimum absolute atomic E-state index is 0.0207. The monoisotopic (exact) mass is 377 g/mol. The van der Waals surface area contributed by atoms with Crippen molar-refractivity contribution in [1.82, 2.24) is 0 Å². The highest BCUT2D eigenvalue weighted by atomic mass is 16.5. The van der Waals surface area contributed by atoms with E-state index in [9.17, 15) is 14.9 Å². The van der Waals surface area contributed by atoms with Crippen LogP contribution in [0.5, 0.6) is 5.75 Å². The van der Waals surface area contributed by atoms with Gasteiger partial charge in [0.1, 0.15) is 23.2 Å². The SMILES string of the molecule is COC(=O)c1ccc(OCC(=O)C(C#N)=C2N(C)c3ccccc3N2C)cc1. The zero-order chi connectivity index (χ0) is 20.3. The van der Waals surface area contributed by atoms with Gasteiger partial charge in [0.25, 0.3) is 0 Å². The van der Waals surface area contributed by atoms with E-state index in [1.54, 1.807) is 24.3 Å². The minimum Gasteiger partial charge on any atom is -0.485 e. The van der Waals surface area contributed by atoms with Gasteiger partial charge in [-0.15, -0.1) is 0 Å². The normalized spacial score (nSPS) is 12.3. The number of fused-ring (bicyclic) bond motifs is 1. The molecular weight excluding hydrogens is 358 g/mol. The molecule has 0 atom stereocenters. The summed E-state index contributed by atoms with van der Waals surface area (Å²) in [4.78, 5) is 27.8. The highest BCUT2D eigenvalue weighted by Crippen LogP contribution is 2.40. The summed E-state index contributed by atoms with van der Waals surface area (Å²) in [6.45, 7) is -0.290. The van der Waals surface area contributed by atoms with Crippen molar-refractivity contribution in [2.24, 2.45) is 0 Å². The molecule has 1 aliphatic rings. The molecule has 0 radical (unpaired) electrons. The molecule has 0 fully saturated rings. The van der Waals surface area contributed by atoms with Gasteiger partial charge in [-0.2, -0.15) is 5.26 Å². The lowest BCUT2D eigenvalue weighted by Gasteiger charge is -2.20. The zero-order valence-corrected chi connectivity index (χ0v) is 15.8. The number of carbonyl (C=O) groups excluding carboxylic acids is 2. The summed E-state index contributed by atoms with van der Waals surface area (Å²) in [5.74, 6) is 0.0464. The number of nitriles is 1. The van der Waals surface area contributed by atoms with E-state index in [0.29, 0.717) is 17.1 Å². The van der Waals surface area contributed by atoms with Crippen molar-refractivity contribution >= 4 is 23.1 Å². The van der Waals surface area contributed by atoms with Crippen LogP contribution in [0.3, 0.4) is 0 Å². The Morgan fingerprint density at radius 1 is 1.00 bits per heavy atom. The Bertz CT molecular complexity index is 958. The average Bonchev–Trinajstić information content (AvgIpc) is 2.98. The molecule has 0 saturated heterocycles. The summed E-state index contributed by atoms with van der Waals surface area (Å²) in [6, 6.07) is 15.9. The summed E-state index contributed by atoms with van der Waals surface area (Å²) in [6.07, 6.45) is 0. The van der Waals surface area contributed by atoms with Gasteiger partial charge in [0.2, 0.25) is 5.78 Å². The average molecular weight is 377 g/mol. The second-order valence-corrected chi connectivity index (χ2v) is 6.14. The first-order valence-corrected chi connectivity index (χ1v) is 8.53. The maximum atomic E-state index is 12.7. The van der Waals surface area contributed by atoms with E-state index in [1.807, 2.05) is 54.2 Å². The lowest BCUT2D eigenvalue weighted by molar-refractivity contribution is -0.117. The maximum absolute atomic E-state index is 12.7. The van der Waals surface area contributed by atoms with E-state index in [2.05, 4.69) is 4.74 Å². The van der Waals surface area contributed by atoms with Gasteiger partial charge in [-0.25, -0.2) is 4.79 Å². The molecule has 2 aromatic carbocycles. The summed E-state index contributed by atoms with van der Waals surface area (Å²) < 4.78 is 10.1. The van der Waals surface area contributed by atoms with Crippen LogP contribution in [0.25, 0.3) is 0 Å². The van der Waals surface area contributed by atoms with Crippen molar-refractivity contribution in [3.05, 3.63) is 65.5 Å². The van der Waals surface area contributed by atoms with Gasteiger partial charge in [-0.05, 0) is 36.4 Å². The van der Waals surface area contributed by atoms with Gasteiger partial charge < -0.3 is 19.3 Å². The molecular formula is C21H19N3O4. The number of esters is 1. The molecule has 142 valence electrons. The molecule has 28 heavy (non-hydrogen) atoms. The van der Waals surface area contributed by atoms with Crippen LogP contribution in [0.15, 0.2) is 59.9 Å². The molecule has 7 nitrogen and oxygen atoms in total. The summed E-state index contributed by atoms with van der Waals surface area (Å²) in [5, 5.41) is 9.60. The molecule has 2 aromatic rings. The van der Waals surface area contributed by atoms with E-state index < -0.39 is 11.8 Å². The fraction of sp³-hybridized carbons (Fsp3) is 0.190. The first-order chi connectivity index (χ1) is 13.5. The van der Waals surface area contributed by atoms with Crippen molar-refractivity contribution in [3.8, 4) is 11.8 Å². The number of para-hydroxylation sites is 2. The van der Waals surface area contributed by atoms with E-state index in [0.717, 1.165) is 11.4 Å². The summed E-state index contributed by atoms with van der Waals surface area (Å²) in [7, 11) is 4.93. The van der Waals surface area contributed by atoms with E-state index in [1.165, 1.54) is 7.11 Å². The Labute approximate surface area is 163 Å². The van der Waals surface area contributed by atoms with Crippen molar-refractivity contribution in [2.75, 3.05) is 37.6 Å². The van der Waals surface area contributed by atoms with E-state index in [-0.39, 0.29) is 12.2 Å². The zero-order valence-electron chi connectivity index (χ0n) is 15.8. The lowest BCUT2D eigenvalue weighted by atomic mass is 10.2. The van der Waals surface area contributed by atoms with Crippen molar-refractivity contribution in [1.29, 1.82) is 5.26 Å². The molecule has 0 N–H and O–H groups in total. The third-order valence-corrected chi connectivity index (χ3v) is 4.50. The molecule has 1 aliphatic heterocycles. The molecule has 0 saturated carbocycles. The number of benzene rings is 2. The molecule has 7 heteroatoms. The second-order valence-electron chi connectivity index (χ2n) is 6.14. The van der Waals surface area contributed by atoms with E-state index in [4.69, 9.17) is 4.74 Å². The molecule has 0 aliphatic carbocycles. The van der Waals surface area contributed by atoms with Crippen molar-refractivity contribution in [2.45, 2.75) is 0 Å². The van der Waals surface area contributed by atoms with Crippen LogP contribution in [0, 0.1) is 11.3 Å². The highest BCUT2D eigenvalue weighted by Gasteiger charge is 2.31. The molecule has 1 heterocycles. The number of ether oxygens (including phenoxy) is 2. The molecule has 0 spiro atoms. The predicted octanol–water partition coefficient (Wildman–Crippen LogP) is 2.74. The van der Waals surface area contributed by atoms with Crippen LogP contribution >= 0.6 is 0 Å². The number of rotatable bonds is 5. The third kappa shape index (κ3) is 3.40. The van der Waals surface area contributed by atoms with Crippen LogP contribution < -0.4 is 14.5 Å². The van der Waals surface area contributed by atoms with Crippen LogP contribution in [0.4, 0.5) is 11.4 Å². The maximum Gasteiger partial charge on any atom is 0.337 e. The van der Waals surface area contributed by atoms with Gasteiger partial charge in [0.15, 0.2) is 6.61 Å². The largest absolute Gasteiger partial charge is 0.485 e. The predicted molar refractivity (Wildman–Crippen MR) is 104 cm³/mol. The van der Waals surface area contributed by atoms with Gasteiger partial charge in [-0.1, -0.05) is 12.1 Å². The molecule has 0 bridgehead atoms. The van der Waals surface area contributed by atoms with Gasteiger partial charge >= 0.3 is 5.97 Å². The van der Waals surface area contributed by atoms with Gasteiger partial charge in [0, 0.05) is 14.1 Å². The van der Waals surface area contributed by atoms with Crippen molar-refractivity contribution < 1.29 is 19.1 Å². The lowest BCUT2D eigenvalue weighted by Crippen LogP contribution is -2.27.